The lowest BCUT2D eigenvalue weighted by Crippen LogP contribution is -2.33. The van der Waals surface area contributed by atoms with Gasteiger partial charge in [-0.15, -0.1) is 0 Å². The van der Waals surface area contributed by atoms with E-state index >= 15 is 0 Å². The van der Waals surface area contributed by atoms with E-state index in [0.717, 1.165) is 29.7 Å². The SMILES string of the molecule is CN(Cc1ccc(Cl)cc1)S(=O)(=O)c1ccc2c(c1)CCC(C)(C)O2. The van der Waals surface area contributed by atoms with Crippen LogP contribution in [0.3, 0.4) is 0 Å². The molecule has 0 aromatic heterocycles. The van der Waals surface area contributed by atoms with Crippen molar-refractivity contribution in [1.29, 1.82) is 0 Å². The van der Waals surface area contributed by atoms with Gasteiger partial charge in [0.05, 0.1) is 4.90 Å². The molecule has 1 aliphatic rings. The maximum absolute atomic E-state index is 12.9. The van der Waals surface area contributed by atoms with Crippen molar-refractivity contribution in [2.45, 2.75) is 43.7 Å². The molecule has 0 N–H and O–H groups in total. The highest BCUT2D eigenvalue weighted by molar-refractivity contribution is 7.89. The maximum Gasteiger partial charge on any atom is 0.243 e. The summed E-state index contributed by atoms with van der Waals surface area (Å²) in [7, 11) is -1.98. The van der Waals surface area contributed by atoms with Gasteiger partial charge in [0, 0.05) is 18.6 Å². The summed E-state index contributed by atoms with van der Waals surface area (Å²) in [6.07, 6.45) is 1.68. The third kappa shape index (κ3) is 4.00. The van der Waals surface area contributed by atoms with Crippen LogP contribution in [-0.2, 0) is 23.0 Å². The number of halogens is 1. The first kappa shape index (κ1) is 18.2. The molecule has 0 atom stereocenters. The zero-order valence-electron chi connectivity index (χ0n) is 14.6. The highest BCUT2D eigenvalue weighted by atomic mass is 35.5. The standard InChI is InChI=1S/C19H22ClNO3S/c1-19(2)11-10-15-12-17(8-9-18(15)24-19)25(22,23)21(3)13-14-4-6-16(20)7-5-14/h4-9,12H,10-11,13H2,1-3H3. The van der Waals surface area contributed by atoms with Crippen molar-refractivity contribution >= 4 is 21.6 Å². The molecular weight excluding hydrogens is 358 g/mol. The van der Waals surface area contributed by atoms with Gasteiger partial charge in [-0.1, -0.05) is 23.7 Å². The van der Waals surface area contributed by atoms with E-state index < -0.39 is 10.0 Å². The monoisotopic (exact) mass is 379 g/mol. The lowest BCUT2D eigenvalue weighted by molar-refractivity contribution is 0.0845. The Hall–Kier alpha value is -1.56. The van der Waals surface area contributed by atoms with Gasteiger partial charge in [0.15, 0.2) is 0 Å². The Morgan fingerprint density at radius 2 is 1.84 bits per heavy atom. The zero-order chi connectivity index (χ0) is 18.2. The van der Waals surface area contributed by atoms with Crippen molar-refractivity contribution in [2.24, 2.45) is 0 Å². The third-order valence-electron chi connectivity index (χ3n) is 4.44. The van der Waals surface area contributed by atoms with Gasteiger partial charge in [-0.3, -0.25) is 0 Å². The van der Waals surface area contributed by atoms with Gasteiger partial charge >= 0.3 is 0 Å². The minimum atomic E-state index is -3.56. The number of ether oxygens (including phenoxy) is 1. The molecule has 0 spiro atoms. The molecule has 25 heavy (non-hydrogen) atoms. The molecule has 2 aromatic carbocycles. The summed E-state index contributed by atoms with van der Waals surface area (Å²) in [6.45, 7) is 4.38. The number of rotatable bonds is 4. The van der Waals surface area contributed by atoms with Crippen molar-refractivity contribution in [3.8, 4) is 5.75 Å². The lowest BCUT2D eigenvalue weighted by Gasteiger charge is -2.32. The first-order chi connectivity index (χ1) is 11.7. The molecule has 134 valence electrons. The van der Waals surface area contributed by atoms with Gasteiger partial charge in [-0.25, -0.2) is 8.42 Å². The largest absolute Gasteiger partial charge is 0.488 e. The van der Waals surface area contributed by atoms with Crippen LogP contribution >= 0.6 is 11.6 Å². The van der Waals surface area contributed by atoms with Crippen molar-refractivity contribution in [3.63, 3.8) is 0 Å². The molecular formula is C19H22ClNO3S. The lowest BCUT2D eigenvalue weighted by atomic mass is 9.94. The quantitative estimate of drug-likeness (QED) is 0.797. The molecule has 0 radical (unpaired) electrons. The molecule has 4 nitrogen and oxygen atoms in total. The van der Waals surface area contributed by atoms with Crippen LogP contribution < -0.4 is 4.74 Å². The molecule has 0 fully saturated rings. The predicted molar refractivity (Wildman–Crippen MR) is 99.6 cm³/mol. The highest BCUT2D eigenvalue weighted by Crippen LogP contribution is 2.34. The Labute approximate surface area is 154 Å². The summed E-state index contributed by atoms with van der Waals surface area (Å²) in [5, 5.41) is 0.631. The Morgan fingerprint density at radius 1 is 1.16 bits per heavy atom. The number of nitrogens with zero attached hydrogens (tertiary/aromatic N) is 1. The molecule has 6 heteroatoms. The molecule has 1 heterocycles. The van der Waals surface area contributed by atoms with Crippen LogP contribution in [0.4, 0.5) is 0 Å². The second-order valence-corrected chi connectivity index (χ2v) is 9.50. The van der Waals surface area contributed by atoms with Crippen LogP contribution in [0.25, 0.3) is 0 Å². The van der Waals surface area contributed by atoms with Crippen LogP contribution in [-0.4, -0.2) is 25.4 Å². The summed E-state index contributed by atoms with van der Waals surface area (Å²) in [5.74, 6) is 0.774. The van der Waals surface area contributed by atoms with Crippen LogP contribution in [0.1, 0.15) is 31.4 Å². The molecule has 0 saturated heterocycles. The van der Waals surface area contributed by atoms with E-state index in [4.69, 9.17) is 16.3 Å². The van der Waals surface area contributed by atoms with Gasteiger partial charge in [-0.2, -0.15) is 4.31 Å². The van der Waals surface area contributed by atoms with E-state index in [0.29, 0.717) is 16.5 Å². The van der Waals surface area contributed by atoms with Crippen molar-refractivity contribution < 1.29 is 13.2 Å². The number of hydrogen-bond donors (Lipinski definition) is 0. The molecule has 0 bridgehead atoms. The molecule has 0 amide bonds. The van der Waals surface area contributed by atoms with E-state index in [9.17, 15) is 8.42 Å². The van der Waals surface area contributed by atoms with Gasteiger partial charge in [0.1, 0.15) is 11.4 Å². The molecule has 0 unspecified atom stereocenters. The van der Waals surface area contributed by atoms with E-state index in [1.807, 2.05) is 26.0 Å². The third-order valence-corrected chi connectivity index (χ3v) is 6.49. The van der Waals surface area contributed by atoms with E-state index in [1.54, 1.807) is 37.4 Å². The average molecular weight is 380 g/mol. The fourth-order valence-electron chi connectivity index (χ4n) is 2.91. The molecule has 0 saturated carbocycles. The van der Waals surface area contributed by atoms with Crippen LogP contribution in [0.2, 0.25) is 5.02 Å². The first-order valence-electron chi connectivity index (χ1n) is 8.20. The predicted octanol–water partition coefficient (Wildman–Crippen LogP) is 4.26. The minimum Gasteiger partial charge on any atom is -0.488 e. The fourth-order valence-corrected chi connectivity index (χ4v) is 4.24. The van der Waals surface area contributed by atoms with E-state index in [1.165, 1.54) is 4.31 Å². The zero-order valence-corrected chi connectivity index (χ0v) is 16.2. The van der Waals surface area contributed by atoms with Gasteiger partial charge in [0.25, 0.3) is 0 Å². The summed E-state index contributed by atoms with van der Waals surface area (Å²) in [6, 6.07) is 12.3. The van der Waals surface area contributed by atoms with Gasteiger partial charge in [-0.05, 0) is 68.1 Å². The number of hydrogen-bond acceptors (Lipinski definition) is 3. The van der Waals surface area contributed by atoms with Gasteiger partial charge < -0.3 is 4.74 Å². The summed E-state index contributed by atoms with van der Waals surface area (Å²) in [5.41, 5.74) is 1.62. The average Bonchev–Trinajstić information content (AvgIpc) is 2.55. The molecule has 0 aliphatic carbocycles. The first-order valence-corrected chi connectivity index (χ1v) is 10.0. The number of aryl methyl sites for hydroxylation is 1. The summed E-state index contributed by atoms with van der Waals surface area (Å²) < 4.78 is 33.0. The van der Waals surface area contributed by atoms with E-state index in [2.05, 4.69) is 0 Å². The second kappa shape index (κ2) is 6.63. The number of fused-ring (bicyclic) bond motifs is 1. The maximum atomic E-state index is 12.9. The topological polar surface area (TPSA) is 46.6 Å². The Morgan fingerprint density at radius 3 is 2.52 bits per heavy atom. The van der Waals surface area contributed by atoms with Crippen molar-refractivity contribution in [1.82, 2.24) is 4.31 Å². The number of sulfonamides is 1. The van der Waals surface area contributed by atoms with Crippen LogP contribution in [0, 0.1) is 0 Å². The van der Waals surface area contributed by atoms with Crippen molar-refractivity contribution in [3.05, 3.63) is 58.6 Å². The van der Waals surface area contributed by atoms with Gasteiger partial charge in [0.2, 0.25) is 10.0 Å². The molecule has 3 rings (SSSR count). The van der Waals surface area contributed by atoms with Crippen LogP contribution in [0.15, 0.2) is 47.4 Å². The Kier molecular flexibility index (Phi) is 4.84. The second-order valence-electron chi connectivity index (χ2n) is 7.02. The van der Waals surface area contributed by atoms with Crippen LogP contribution in [0.5, 0.6) is 5.75 Å². The summed E-state index contributed by atoms with van der Waals surface area (Å²) in [4.78, 5) is 0.297. The molecule has 1 aliphatic heterocycles. The summed E-state index contributed by atoms with van der Waals surface area (Å²) >= 11 is 5.88. The van der Waals surface area contributed by atoms with E-state index in [-0.39, 0.29) is 5.60 Å². The minimum absolute atomic E-state index is 0.210. The van der Waals surface area contributed by atoms with Crippen molar-refractivity contribution in [2.75, 3.05) is 7.05 Å². The number of benzene rings is 2. The highest BCUT2D eigenvalue weighted by Gasteiger charge is 2.28. The fraction of sp³-hybridized carbons (Fsp3) is 0.368. The Balaban J connectivity index is 1.83. The smallest absolute Gasteiger partial charge is 0.243 e. The normalized spacial score (nSPS) is 16.4. The Bertz CT molecular complexity index is 876. The molecule has 2 aromatic rings.